The van der Waals surface area contributed by atoms with E-state index < -0.39 is 22.5 Å². The highest BCUT2D eigenvalue weighted by Crippen LogP contribution is 2.41. The third kappa shape index (κ3) is 5.63. The van der Waals surface area contributed by atoms with Crippen LogP contribution in [-0.4, -0.2) is 50.0 Å². The number of allylic oxidation sites excluding steroid dienone is 1. The van der Waals surface area contributed by atoms with Gasteiger partial charge in [-0.25, -0.2) is 9.79 Å². The second-order valence-electron chi connectivity index (χ2n) is 8.79. The minimum atomic E-state index is -0.942. The van der Waals surface area contributed by atoms with Crippen molar-refractivity contribution in [3.63, 3.8) is 0 Å². The predicted molar refractivity (Wildman–Crippen MR) is 158 cm³/mol. The molecule has 1 aromatic heterocycles. The Morgan fingerprint density at radius 2 is 1.81 bits per heavy atom. The Morgan fingerprint density at radius 3 is 2.40 bits per heavy atom. The maximum atomic E-state index is 14.1. The highest BCUT2D eigenvalue weighted by molar-refractivity contribution is 9.10. The molecule has 222 valence electrons. The fourth-order valence-electron chi connectivity index (χ4n) is 4.61. The number of nitro groups is 1. The molecule has 0 saturated heterocycles. The summed E-state index contributed by atoms with van der Waals surface area (Å²) in [6, 6.07) is 5.00. The van der Waals surface area contributed by atoms with Crippen LogP contribution in [0.1, 0.15) is 37.9 Å². The number of aromatic nitrogens is 1. The van der Waals surface area contributed by atoms with Crippen molar-refractivity contribution >= 4 is 45.0 Å². The van der Waals surface area contributed by atoms with Gasteiger partial charge in [-0.15, -0.1) is 0 Å². The van der Waals surface area contributed by atoms with E-state index >= 15 is 0 Å². The Balaban J connectivity index is 2.04. The van der Waals surface area contributed by atoms with Gasteiger partial charge in [0.25, 0.3) is 11.2 Å². The number of nitrogens with zero attached hydrogens (tertiary/aromatic N) is 3. The lowest BCUT2D eigenvalue weighted by molar-refractivity contribution is -0.385. The summed E-state index contributed by atoms with van der Waals surface area (Å²) in [5.41, 5.74) is 0.629. The van der Waals surface area contributed by atoms with E-state index in [9.17, 15) is 19.7 Å². The maximum Gasteiger partial charge on any atom is 0.338 e. The van der Waals surface area contributed by atoms with Gasteiger partial charge < -0.3 is 23.7 Å². The number of non-ortho nitro benzene ring substituents is 1. The zero-order valence-corrected chi connectivity index (χ0v) is 26.1. The van der Waals surface area contributed by atoms with Crippen LogP contribution in [-0.2, 0) is 9.53 Å². The van der Waals surface area contributed by atoms with Crippen LogP contribution in [0.3, 0.4) is 0 Å². The third-order valence-electron chi connectivity index (χ3n) is 6.38. The van der Waals surface area contributed by atoms with Gasteiger partial charge >= 0.3 is 5.97 Å². The van der Waals surface area contributed by atoms with Gasteiger partial charge in [-0.2, -0.15) is 0 Å². The number of fused-ring (bicyclic) bond motifs is 1. The molecule has 0 N–H and O–H groups in total. The fourth-order valence-corrected chi connectivity index (χ4v) is 6.18. The van der Waals surface area contributed by atoms with E-state index in [2.05, 4.69) is 20.9 Å². The molecule has 14 heteroatoms. The van der Waals surface area contributed by atoms with Gasteiger partial charge in [-0.1, -0.05) is 27.3 Å². The monoisotopic (exact) mass is 661 g/mol. The number of hydrogen-bond acceptors (Lipinski definition) is 11. The van der Waals surface area contributed by atoms with Crippen LogP contribution >= 0.6 is 27.3 Å². The van der Waals surface area contributed by atoms with Crippen molar-refractivity contribution in [1.29, 1.82) is 0 Å². The predicted octanol–water partition coefficient (Wildman–Crippen LogP) is 3.89. The number of nitro benzene ring substituents is 1. The summed E-state index contributed by atoms with van der Waals surface area (Å²) in [6.07, 6.45) is 1.48. The summed E-state index contributed by atoms with van der Waals surface area (Å²) >= 11 is 4.65. The molecule has 0 saturated carbocycles. The molecule has 0 bridgehead atoms. The molecule has 2 aromatic carbocycles. The Bertz CT molecular complexity index is 1780. The molecule has 1 atom stereocenters. The van der Waals surface area contributed by atoms with Crippen molar-refractivity contribution in [3.8, 4) is 23.0 Å². The van der Waals surface area contributed by atoms with Crippen LogP contribution in [0.15, 0.2) is 49.8 Å². The van der Waals surface area contributed by atoms with Crippen molar-refractivity contribution in [2.24, 2.45) is 4.99 Å². The smallest absolute Gasteiger partial charge is 0.338 e. The van der Waals surface area contributed by atoms with E-state index in [1.165, 1.54) is 44.1 Å². The third-order valence-corrected chi connectivity index (χ3v) is 8.05. The molecule has 12 nitrogen and oxygen atoms in total. The molecule has 0 fully saturated rings. The van der Waals surface area contributed by atoms with Crippen LogP contribution < -0.4 is 33.8 Å². The molecular weight excluding hydrogens is 634 g/mol. The quantitative estimate of drug-likeness (QED) is 0.180. The number of hydrogen-bond donors (Lipinski definition) is 0. The van der Waals surface area contributed by atoms with Gasteiger partial charge in [-0.05, 0) is 44.5 Å². The maximum absolute atomic E-state index is 14.1. The molecular formula is C28H28BrN3O9S. The van der Waals surface area contributed by atoms with E-state index in [1.807, 2.05) is 6.92 Å². The first-order valence-corrected chi connectivity index (χ1v) is 14.3. The second-order valence-corrected chi connectivity index (χ2v) is 10.7. The van der Waals surface area contributed by atoms with Gasteiger partial charge in [0.15, 0.2) is 27.8 Å². The van der Waals surface area contributed by atoms with Crippen molar-refractivity contribution in [3.05, 3.63) is 80.9 Å². The molecule has 0 radical (unpaired) electrons. The van der Waals surface area contributed by atoms with Gasteiger partial charge in [0.2, 0.25) is 0 Å². The summed E-state index contributed by atoms with van der Waals surface area (Å²) < 4.78 is 29.6. The van der Waals surface area contributed by atoms with Crippen molar-refractivity contribution in [1.82, 2.24) is 4.57 Å². The molecule has 0 aliphatic carbocycles. The SMILES string of the molecule is CCOC(=O)C1=C(C)N=c2s/c(=C\c3cc([N+](=O)[O-])cc(OC)c3OC)c(=O)n2[C@@H]1c1cc(OC)c(OCC)cc1Br. The van der Waals surface area contributed by atoms with Crippen molar-refractivity contribution in [2.75, 3.05) is 34.5 Å². The van der Waals surface area contributed by atoms with Crippen LogP contribution in [0, 0.1) is 10.1 Å². The Labute approximate surface area is 252 Å². The van der Waals surface area contributed by atoms with Crippen LogP contribution in [0.5, 0.6) is 23.0 Å². The summed E-state index contributed by atoms with van der Waals surface area (Å²) in [6.45, 7) is 5.72. The molecule has 0 unspecified atom stereocenters. The fraction of sp³-hybridized carbons (Fsp3) is 0.321. The average Bonchev–Trinajstić information content (AvgIpc) is 3.26. The molecule has 0 spiro atoms. The summed E-state index contributed by atoms with van der Waals surface area (Å²) in [5, 5.41) is 11.6. The number of carbonyl (C=O) groups excluding carboxylic acids is 1. The van der Waals surface area contributed by atoms with Crippen LogP contribution in [0.2, 0.25) is 0 Å². The van der Waals surface area contributed by atoms with E-state index in [0.29, 0.717) is 38.6 Å². The highest BCUT2D eigenvalue weighted by Gasteiger charge is 2.35. The largest absolute Gasteiger partial charge is 0.493 e. The van der Waals surface area contributed by atoms with Crippen molar-refractivity contribution < 1.29 is 33.4 Å². The number of benzene rings is 2. The lowest BCUT2D eigenvalue weighted by atomic mass is 9.95. The summed E-state index contributed by atoms with van der Waals surface area (Å²) in [7, 11) is 4.26. The number of thiazole rings is 1. The number of esters is 1. The van der Waals surface area contributed by atoms with E-state index in [-0.39, 0.29) is 39.5 Å². The minimum absolute atomic E-state index is 0.120. The highest BCUT2D eigenvalue weighted by atomic mass is 79.9. The Morgan fingerprint density at radius 1 is 1.10 bits per heavy atom. The van der Waals surface area contributed by atoms with Gasteiger partial charge in [0, 0.05) is 16.1 Å². The lowest BCUT2D eigenvalue weighted by Gasteiger charge is -2.26. The molecule has 2 heterocycles. The Kier molecular flexibility index (Phi) is 9.36. The molecule has 42 heavy (non-hydrogen) atoms. The Hall–Kier alpha value is -4.17. The number of rotatable bonds is 10. The molecule has 0 amide bonds. The van der Waals surface area contributed by atoms with E-state index in [0.717, 1.165) is 11.3 Å². The molecule has 1 aliphatic rings. The normalized spacial score (nSPS) is 14.6. The average molecular weight is 663 g/mol. The van der Waals surface area contributed by atoms with Gasteiger partial charge in [-0.3, -0.25) is 19.5 Å². The van der Waals surface area contributed by atoms with Crippen LogP contribution in [0.25, 0.3) is 6.08 Å². The molecule has 3 aromatic rings. The lowest BCUT2D eigenvalue weighted by Crippen LogP contribution is -2.40. The number of halogens is 1. The van der Waals surface area contributed by atoms with Gasteiger partial charge in [0.05, 0.1) is 67.4 Å². The number of methoxy groups -OCH3 is 3. The standard InChI is InChI=1S/C28H28BrN3O9S/c1-7-40-20-13-18(29)17(12-19(20)37-4)24-23(27(34)41-8-2)14(3)30-28-31(24)26(33)22(42-28)10-15-9-16(32(35)36)11-21(38-5)25(15)39-6/h9-13,24H,7-8H2,1-6H3/b22-10-/t24-/m1/s1. The summed E-state index contributed by atoms with van der Waals surface area (Å²) in [5.74, 6) is 0.613. The first kappa shape index (κ1) is 30.8. The topological polar surface area (TPSA) is 141 Å². The van der Waals surface area contributed by atoms with E-state index in [4.69, 9.17) is 23.7 Å². The second kappa shape index (κ2) is 12.8. The number of carbonyl (C=O) groups is 1. The van der Waals surface area contributed by atoms with Crippen molar-refractivity contribution in [2.45, 2.75) is 26.8 Å². The van der Waals surface area contributed by atoms with Crippen LogP contribution in [0.4, 0.5) is 5.69 Å². The van der Waals surface area contributed by atoms with Gasteiger partial charge in [0.1, 0.15) is 0 Å². The zero-order valence-electron chi connectivity index (χ0n) is 23.7. The number of ether oxygens (including phenoxy) is 5. The zero-order chi connectivity index (χ0) is 30.7. The van der Waals surface area contributed by atoms with E-state index in [1.54, 1.807) is 26.0 Å². The molecule has 1 aliphatic heterocycles. The minimum Gasteiger partial charge on any atom is -0.493 e. The first-order chi connectivity index (χ1) is 20.1. The molecule has 4 rings (SSSR count). The first-order valence-electron chi connectivity index (χ1n) is 12.7. The summed E-state index contributed by atoms with van der Waals surface area (Å²) in [4.78, 5) is 43.3.